The molecule has 0 aromatic heterocycles. The van der Waals surface area contributed by atoms with Crippen molar-refractivity contribution in [1.29, 1.82) is 0 Å². The minimum atomic E-state index is -4.76. The zero-order chi connectivity index (χ0) is 11.7. The maximum Gasteiger partial charge on any atom is 0.471 e. The van der Waals surface area contributed by atoms with Crippen LogP contribution in [0.5, 0.6) is 0 Å². The molecule has 0 spiro atoms. The smallest absolute Gasteiger partial charge is 0.348 e. The van der Waals surface area contributed by atoms with Gasteiger partial charge in [0.2, 0.25) is 0 Å². The van der Waals surface area contributed by atoms with Gasteiger partial charge < -0.3 is 5.32 Å². The van der Waals surface area contributed by atoms with Crippen LogP contribution in [0.1, 0.15) is 33.1 Å². The lowest BCUT2D eigenvalue weighted by molar-refractivity contribution is -0.173. The maximum absolute atomic E-state index is 11.9. The van der Waals surface area contributed by atoms with Crippen molar-refractivity contribution in [1.82, 2.24) is 5.32 Å². The molecule has 0 aromatic rings. The summed E-state index contributed by atoms with van der Waals surface area (Å²) < 4.78 is 35.7. The molecule has 0 aliphatic heterocycles. The number of alkyl halides is 3. The van der Waals surface area contributed by atoms with Crippen molar-refractivity contribution in [2.75, 3.05) is 6.54 Å². The van der Waals surface area contributed by atoms with Crippen LogP contribution < -0.4 is 5.32 Å². The van der Waals surface area contributed by atoms with E-state index >= 15 is 0 Å². The molecule has 0 aromatic carbocycles. The first-order valence-corrected chi connectivity index (χ1v) is 5.08. The van der Waals surface area contributed by atoms with E-state index < -0.39 is 12.1 Å². The quantitative estimate of drug-likeness (QED) is 0.765. The van der Waals surface area contributed by atoms with Crippen LogP contribution in [0.4, 0.5) is 13.2 Å². The van der Waals surface area contributed by atoms with Crippen LogP contribution in [-0.4, -0.2) is 18.6 Å². The minimum absolute atomic E-state index is 0.0406. The summed E-state index contributed by atoms with van der Waals surface area (Å²) in [5, 5.41) is 1.96. The van der Waals surface area contributed by atoms with E-state index in [9.17, 15) is 18.0 Å². The monoisotopic (exact) mass is 223 g/mol. The summed E-state index contributed by atoms with van der Waals surface area (Å²) in [6.07, 6.45) is -1.83. The van der Waals surface area contributed by atoms with Gasteiger partial charge in [-0.05, 0) is 24.2 Å². The Morgan fingerprint density at radius 1 is 1.47 bits per heavy atom. The summed E-state index contributed by atoms with van der Waals surface area (Å²) in [4.78, 5) is 10.6. The van der Waals surface area contributed by atoms with Crippen LogP contribution in [0.3, 0.4) is 0 Å². The molecular weight excluding hydrogens is 207 g/mol. The zero-order valence-corrected chi connectivity index (χ0v) is 8.95. The third-order valence-corrected chi connectivity index (χ3v) is 3.25. The second-order valence-corrected chi connectivity index (χ2v) is 4.79. The molecule has 0 heterocycles. The second kappa shape index (κ2) is 4.02. The summed E-state index contributed by atoms with van der Waals surface area (Å²) in [5.41, 5.74) is 0.0406. The lowest BCUT2D eigenvalue weighted by Crippen LogP contribution is -2.41. The Hall–Kier alpha value is -0.740. The van der Waals surface area contributed by atoms with Gasteiger partial charge in [0.25, 0.3) is 0 Å². The van der Waals surface area contributed by atoms with E-state index in [1.807, 2.05) is 19.2 Å². The predicted octanol–water partition coefficient (Wildman–Crippen LogP) is 2.49. The fraction of sp³-hybridized carbons (Fsp3) is 0.900. The molecular formula is C10H16F3NO. The maximum atomic E-state index is 11.9. The Morgan fingerprint density at radius 3 is 2.47 bits per heavy atom. The van der Waals surface area contributed by atoms with Crippen LogP contribution in [0.15, 0.2) is 0 Å². The standard InChI is InChI=1S/C10H16F3NO/c1-9(2)5-3-4-7(9)6-14-8(15)10(11,12)13/h7H,3-6H2,1-2H3,(H,14,15). The van der Waals surface area contributed by atoms with Crippen LogP contribution in [-0.2, 0) is 4.79 Å². The molecule has 88 valence electrons. The third-order valence-electron chi connectivity index (χ3n) is 3.25. The van der Waals surface area contributed by atoms with E-state index in [-0.39, 0.29) is 17.9 Å². The van der Waals surface area contributed by atoms with Gasteiger partial charge >= 0.3 is 12.1 Å². The average molecular weight is 223 g/mol. The third kappa shape index (κ3) is 3.11. The minimum Gasteiger partial charge on any atom is -0.348 e. The van der Waals surface area contributed by atoms with Crippen LogP contribution in [0.25, 0.3) is 0 Å². The van der Waals surface area contributed by atoms with Crippen molar-refractivity contribution in [3.63, 3.8) is 0 Å². The number of hydrogen-bond donors (Lipinski definition) is 1. The molecule has 2 nitrogen and oxygen atoms in total. The van der Waals surface area contributed by atoms with E-state index in [1.165, 1.54) is 0 Å². The van der Waals surface area contributed by atoms with Gasteiger partial charge in [0.1, 0.15) is 0 Å². The number of halogens is 3. The molecule has 1 rings (SSSR count). The van der Waals surface area contributed by atoms with Gasteiger partial charge in [-0.3, -0.25) is 4.79 Å². The molecule has 0 bridgehead atoms. The van der Waals surface area contributed by atoms with Crippen molar-refractivity contribution >= 4 is 5.91 Å². The van der Waals surface area contributed by atoms with Crippen molar-refractivity contribution in [2.45, 2.75) is 39.3 Å². The molecule has 0 radical (unpaired) electrons. The molecule has 0 saturated heterocycles. The number of rotatable bonds is 2. The summed E-state index contributed by atoms with van der Waals surface area (Å²) in [5.74, 6) is -1.67. The molecule has 1 aliphatic carbocycles. The summed E-state index contributed by atoms with van der Waals surface area (Å²) in [6, 6.07) is 0. The number of amides is 1. The number of carbonyl (C=O) groups is 1. The van der Waals surface area contributed by atoms with E-state index in [0.29, 0.717) is 0 Å². The van der Waals surface area contributed by atoms with Gasteiger partial charge in [0.05, 0.1) is 0 Å². The fourth-order valence-corrected chi connectivity index (χ4v) is 2.09. The SMILES string of the molecule is CC1(C)CCCC1CNC(=O)C(F)(F)F. The Bertz CT molecular complexity index is 248. The Labute approximate surface area is 87.2 Å². The van der Waals surface area contributed by atoms with Gasteiger partial charge in [0.15, 0.2) is 0 Å². The second-order valence-electron chi connectivity index (χ2n) is 4.79. The van der Waals surface area contributed by atoms with Gasteiger partial charge in [-0.15, -0.1) is 0 Å². The zero-order valence-electron chi connectivity index (χ0n) is 8.95. The topological polar surface area (TPSA) is 29.1 Å². The lowest BCUT2D eigenvalue weighted by atomic mass is 9.82. The van der Waals surface area contributed by atoms with Crippen molar-refractivity contribution in [3.05, 3.63) is 0 Å². The highest BCUT2D eigenvalue weighted by atomic mass is 19.4. The Balaban J connectivity index is 2.41. The molecule has 1 N–H and O–H groups in total. The Kier molecular flexibility index (Phi) is 3.31. The highest BCUT2D eigenvalue weighted by molar-refractivity contribution is 5.81. The van der Waals surface area contributed by atoms with E-state index in [2.05, 4.69) is 0 Å². The highest BCUT2D eigenvalue weighted by Gasteiger charge is 2.40. The summed E-state index contributed by atoms with van der Waals surface area (Å²) >= 11 is 0. The molecule has 1 saturated carbocycles. The Morgan fingerprint density at radius 2 is 2.07 bits per heavy atom. The first-order chi connectivity index (χ1) is 6.73. The molecule has 1 fully saturated rings. The first kappa shape index (κ1) is 12.3. The summed E-state index contributed by atoms with van der Waals surface area (Å²) in [7, 11) is 0. The van der Waals surface area contributed by atoms with Gasteiger partial charge in [-0.25, -0.2) is 0 Å². The van der Waals surface area contributed by atoms with Crippen molar-refractivity contribution < 1.29 is 18.0 Å². The van der Waals surface area contributed by atoms with Gasteiger partial charge in [0, 0.05) is 6.54 Å². The van der Waals surface area contributed by atoms with E-state index in [0.717, 1.165) is 19.3 Å². The number of carbonyl (C=O) groups excluding carboxylic acids is 1. The normalized spacial score (nSPS) is 25.3. The highest BCUT2D eigenvalue weighted by Crippen LogP contribution is 2.42. The molecule has 5 heteroatoms. The lowest BCUT2D eigenvalue weighted by Gasteiger charge is -2.27. The average Bonchev–Trinajstić information content (AvgIpc) is 2.39. The van der Waals surface area contributed by atoms with Crippen LogP contribution >= 0.6 is 0 Å². The van der Waals surface area contributed by atoms with Crippen LogP contribution in [0, 0.1) is 11.3 Å². The van der Waals surface area contributed by atoms with Crippen LogP contribution in [0.2, 0.25) is 0 Å². The van der Waals surface area contributed by atoms with Crippen molar-refractivity contribution in [3.8, 4) is 0 Å². The van der Waals surface area contributed by atoms with Gasteiger partial charge in [-0.2, -0.15) is 13.2 Å². The molecule has 1 amide bonds. The van der Waals surface area contributed by atoms with E-state index in [1.54, 1.807) is 0 Å². The number of nitrogens with one attached hydrogen (secondary N) is 1. The molecule has 1 atom stereocenters. The molecule has 1 unspecified atom stereocenters. The van der Waals surface area contributed by atoms with Gasteiger partial charge in [-0.1, -0.05) is 20.3 Å². The predicted molar refractivity (Wildman–Crippen MR) is 50.2 cm³/mol. The fourth-order valence-electron chi connectivity index (χ4n) is 2.09. The molecule has 15 heavy (non-hydrogen) atoms. The molecule has 1 aliphatic rings. The number of hydrogen-bond acceptors (Lipinski definition) is 1. The van der Waals surface area contributed by atoms with Crippen molar-refractivity contribution in [2.24, 2.45) is 11.3 Å². The summed E-state index contributed by atoms with van der Waals surface area (Å²) in [6.45, 7) is 4.19. The largest absolute Gasteiger partial charge is 0.471 e. The first-order valence-electron chi connectivity index (χ1n) is 5.08. The van der Waals surface area contributed by atoms with E-state index in [4.69, 9.17) is 0 Å².